The fourth-order valence-corrected chi connectivity index (χ4v) is 5.99. The van der Waals surface area contributed by atoms with Crippen molar-refractivity contribution in [1.29, 1.82) is 0 Å². The maximum atomic E-state index is 13.5. The number of aromatic nitrogens is 2. The molecule has 5 rings (SSSR count). The number of piperidine rings is 1. The lowest BCUT2D eigenvalue weighted by atomic mass is 10.0. The Balaban J connectivity index is 1.30. The molecule has 0 radical (unpaired) electrons. The molecule has 1 saturated heterocycles. The number of nitrogens with two attached hydrogens (primary N) is 1. The van der Waals surface area contributed by atoms with Crippen LogP contribution in [0.25, 0.3) is 26.4 Å². The van der Waals surface area contributed by atoms with Gasteiger partial charge in [0.05, 0.1) is 21.5 Å². The Hall–Kier alpha value is -2.75. The predicted molar refractivity (Wildman–Crippen MR) is 137 cm³/mol. The molecular weight excluding hydrogens is 485 g/mol. The second-order valence-electron chi connectivity index (χ2n) is 9.42. The Morgan fingerprint density at radius 2 is 1.86 bits per heavy atom. The molecule has 5 nitrogen and oxygen atoms in total. The number of imidazole rings is 1. The first-order chi connectivity index (χ1) is 17.3. The molecule has 4 aromatic rings. The van der Waals surface area contributed by atoms with Gasteiger partial charge in [-0.15, -0.1) is 0 Å². The predicted octanol–water partition coefficient (Wildman–Crippen LogP) is 6.53. The van der Waals surface area contributed by atoms with Gasteiger partial charge in [-0.2, -0.15) is 13.2 Å². The molecule has 1 aliphatic rings. The first-order valence-corrected chi connectivity index (χ1v) is 13.2. The number of ketones is 1. The third-order valence-electron chi connectivity index (χ3n) is 6.92. The van der Waals surface area contributed by atoms with Crippen molar-refractivity contribution in [2.45, 2.75) is 51.2 Å². The van der Waals surface area contributed by atoms with Crippen LogP contribution >= 0.6 is 11.3 Å². The van der Waals surface area contributed by atoms with Crippen molar-refractivity contribution in [2.24, 2.45) is 5.73 Å². The average molecular weight is 515 g/mol. The van der Waals surface area contributed by atoms with E-state index in [9.17, 15) is 18.0 Å². The van der Waals surface area contributed by atoms with Gasteiger partial charge in [-0.05, 0) is 75.1 Å². The van der Waals surface area contributed by atoms with Gasteiger partial charge in [-0.1, -0.05) is 29.9 Å². The van der Waals surface area contributed by atoms with Crippen LogP contribution in [0.2, 0.25) is 0 Å². The van der Waals surface area contributed by atoms with Crippen LogP contribution in [0.5, 0.6) is 0 Å². The third kappa shape index (κ3) is 5.19. The molecule has 1 aliphatic heterocycles. The van der Waals surface area contributed by atoms with Gasteiger partial charge in [-0.25, -0.2) is 4.98 Å². The van der Waals surface area contributed by atoms with Crippen LogP contribution in [-0.2, 0) is 12.7 Å². The van der Waals surface area contributed by atoms with E-state index in [1.807, 2.05) is 22.6 Å². The van der Waals surface area contributed by atoms with E-state index in [0.717, 1.165) is 35.7 Å². The first-order valence-electron chi connectivity index (χ1n) is 12.4. The molecule has 0 amide bonds. The number of unbranched alkanes of at least 4 members (excludes halogenated alkanes) is 1. The highest BCUT2D eigenvalue weighted by atomic mass is 32.1. The van der Waals surface area contributed by atoms with Crippen molar-refractivity contribution in [3.63, 3.8) is 0 Å². The topological polar surface area (TPSA) is 63.6 Å². The highest BCUT2D eigenvalue weighted by Gasteiger charge is 2.33. The molecule has 0 saturated carbocycles. The summed E-state index contributed by atoms with van der Waals surface area (Å²) in [7, 11) is 0. The zero-order valence-electron chi connectivity index (χ0n) is 20.0. The molecule has 0 bridgehead atoms. The van der Waals surface area contributed by atoms with Crippen LogP contribution in [0.1, 0.15) is 60.0 Å². The minimum atomic E-state index is -4.48. The fraction of sp³-hybridized carbons (Fsp3) is 0.407. The summed E-state index contributed by atoms with van der Waals surface area (Å²) in [6.07, 6.45) is 3.59. The van der Waals surface area contributed by atoms with E-state index < -0.39 is 11.7 Å². The molecule has 1 fully saturated rings. The number of rotatable bonds is 8. The van der Waals surface area contributed by atoms with Gasteiger partial charge in [0.25, 0.3) is 0 Å². The molecule has 0 aliphatic carbocycles. The van der Waals surface area contributed by atoms with E-state index in [4.69, 9.17) is 5.73 Å². The number of likely N-dealkylation sites (tertiary alicyclic amines) is 1. The highest BCUT2D eigenvalue weighted by molar-refractivity contribution is 7.23. The second-order valence-corrected chi connectivity index (χ2v) is 10.4. The van der Waals surface area contributed by atoms with E-state index in [1.54, 1.807) is 12.3 Å². The lowest BCUT2D eigenvalue weighted by molar-refractivity contribution is -0.138. The van der Waals surface area contributed by atoms with E-state index in [2.05, 4.69) is 9.88 Å². The molecule has 190 valence electrons. The maximum Gasteiger partial charge on any atom is 0.416 e. The Labute approximate surface area is 211 Å². The van der Waals surface area contributed by atoms with Gasteiger partial charge < -0.3 is 10.6 Å². The maximum absolute atomic E-state index is 13.5. The number of carbonyl (C=O) groups excluding carboxylic acids is 1. The summed E-state index contributed by atoms with van der Waals surface area (Å²) in [5.74, 6) is 0.141. The zero-order valence-corrected chi connectivity index (χ0v) is 20.8. The van der Waals surface area contributed by atoms with Crippen LogP contribution in [0.15, 0.2) is 42.6 Å². The van der Waals surface area contributed by atoms with Crippen LogP contribution < -0.4 is 5.73 Å². The van der Waals surface area contributed by atoms with Crippen molar-refractivity contribution < 1.29 is 18.0 Å². The molecule has 3 heterocycles. The largest absolute Gasteiger partial charge is 0.416 e. The van der Waals surface area contributed by atoms with Gasteiger partial charge in [0.2, 0.25) is 0 Å². The van der Waals surface area contributed by atoms with E-state index in [-0.39, 0.29) is 17.9 Å². The van der Waals surface area contributed by atoms with Crippen molar-refractivity contribution >= 4 is 32.3 Å². The summed E-state index contributed by atoms with van der Waals surface area (Å²) >= 11 is 1.42. The third-order valence-corrected chi connectivity index (χ3v) is 7.94. The standard InChI is InChI=1S/C27H29F3N4OS/c28-27(29,30)21-14-18(7-8-20(21)16-31)22-17-34-23-10-9-19(15-25(23)36-26(34)32-22)24(35)6-2-5-13-33-11-3-1-4-12-33/h7-10,14-15,17H,1-6,11-13,16,31H2. The lowest BCUT2D eigenvalue weighted by Gasteiger charge is -2.26. The molecule has 2 N–H and O–H groups in total. The Morgan fingerprint density at radius 1 is 1.06 bits per heavy atom. The van der Waals surface area contributed by atoms with Crippen LogP contribution in [-0.4, -0.2) is 39.7 Å². The number of benzene rings is 2. The number of alkyl halides is 3. The molecule has 2 aromatic carbocycles. The molecule has 0 unspecified atom stereocenters. The highest BCUT2D eigenvalue weighted by Crippen LogP contribution is 2.36. The summed E-state index contributed by atoms with van der Waals surface area (Å²) in [4.78, 5) is 20.5. The van der Waals surface area contributed by atoms with Crippen LogP contribution in [0, 0.1) is 0 Å². The van der Waals surface area contributed by atoms with Gasteiger partial charge in [0.1, 0.15) is 0 Å². The van der Waals surface area contributed by atoms with Crippen molar-refractivity contribution in [3.05, 3.63) is 59.3 Å². The molecule has 2 aromatic heterocycles. The Morgan fingerprint density at radius 3 is 2.61 bits per heavy atom. The van der Waals surface area contributed by atoms with E-state index in [1.165, 1.54) is 49.8 Å². The number of Topliss-reactive ketones (excluding diaryl/α,β-unsaturated/α-hetero) is 1. The van der Waals surface area contributed by atoms with E-state index >= 15 is 0 Å². The summed E-state index contributed by atoms with van der Waals surface area (Å²) in [5, 5.41) is 0. The SMILES string of the molecule is NCc1ccc(-c2cn3c(n2)sc2cc(C(=O)CCCCN4CCCCC4)ccc23)cc1C(F)(F)F. The summed E-state index contributed by atoms with van der Waals surface area (Å²) < 4.78 is 43.2. The second kappa shape index (κ2) is 10.3. The first kappa shape index (κ1) is 24.9. The van der Waals surface area contributed by atoms with Crippen molar-refractivity contribution in [2.75, 3.05) is 19.6 Å². The fourth-order valence-electron chi connectivity index (χ4n) is 4.94. The quantitative estimate of drug-likeness (QED) is 0.214. The van der Waals surface area contributed by atoms with Crippen molar-refractivity contribution in [3.8, 4) is 11.3 Å². The Kier molecular flexibility index (Phi) is 7.14. The zero-order chi connectivity index (χ0) is 25.3. The normalized spacial score (nSPS) is 15.2. The summed E-state index contributed by atoms with van der Waals surface area (Å²) in [5.41, 5.74) is 7.25. The van der Waals surface area contributed by atoms with Gasteiger partial charge in [0, 0.05) is 30.3 Å². The molecule has 0 spiro atoms. The minimum Gasteiger partial charge on any atom is -0.326 e. The summed E-state index contributed by atoms with van der Waals surface area (Å²) in [6, 6.07) is 9.77. The lowest BCUT2D eigenvalue weighted by Crippen LogP contribution is -2.30. The number of hydrogen-bond donors (Lipinski definition) is 1. The molecular formula is C27H29F3N4OS. The Bertz CT molecular complexity index is 1390. The number of carbonyl (C=O) groups is 1. The van der Waals surface area contributed by atoms with Gasteiger partial charge >= 0.3 is 6.18 Å². The summed E-state index contributed by atoms with van der Waals surface area (Å²) in [6.45, 7) is 3.23. The van der Waals surface area contributed by atoms with Crippen LogP contribution in [0.4, 0.5) is 13.2 Å². The smallest absolute Gasteiger partial charge is 0.326 e. The average Bonchev–Trinajstić information content (AvgIpc) is 3.44. The van der Waals surface area contributed by atoms with Crippen LogP contribution in [0.3, 0.4) is 0 Å². The number of nitrogens with zero attached hydrogens (tertiary/aromatic N) is 3. The monoisotopic (exact) mass is 514 g/mol. The van der Waals surface area contributed by atoms with Crippen molar-refractivity contribution in [1.82, 2.24) is 14.3 Å². The minimum absolute atomic E-state index is 0.0569. The molecule has 36 heavy (non-hydrogen) atoms. The van der Waals surface area contributed by atoms with E-state index in [0.29, 0.717) is 28.2 Å². The van der Waals surface area contributed by atoms with Gasteiger partial charge in [0.15, 0.2) is 10.7 Å². The number of hydrogen-bond acceptors (Lipinski definition) is 5. The van der Waals surface area contributed by atoms with Gasteiger partial charge in [-0.3, -0.25) is 9.20 Å². The molecule has 0 atom stereocenters. The molecule has 9 heteroatoms. The number of thiazole rings is 1. The number of halogens is 3. The number of fused-ring (bicyclic) bond motifs is 3.